The number of carbonyl (C=O) groups excluding carboxylic acids is 6. The molecule has 0 radical (unpaired) electrons. The molecule has 2 N–H and O–H groups in total. The number of aromatic nitrogens is 2. The first kappa shape index (κ1) is 36.1. The summed E-state index contributed by atoms with van der Waals surface area (Å²) in [5.74, 6) is -1.76. The SMILES string of the molecule is O=C1CCC(N2C(=O)c3ccc(CCN4CCC(OC(=O)N5CCN(c6cccc(-c7cnc8[nH]cc(C9CC9)c8c7Cl)c6)C(=O)C5)CC4)cc3C2=O)C(=O)N1. The third kappa shape index (κ3) is 6.70. The summed E-state index contributed by atoms with van der Waals surface area (Å²) in [6.07, 6.45) is 7.44. The Morgan fingerprint density at radius 2 is 1.70 bits per heavy atom. The number of carbonyl (C=O) groups is 6. The number of nitrogens with zero attached hydrogens (tertiary/aromatic N) is 5. The Morgan fingerprint density at radius 3 is 2.46 bits per heavy atom. The van der Waals surface area contributed by atoms with E-state index >= 15 is 0 Å². The first-order valence-electron chi connectivity index (χ1n) is 19.2. The van der Waals surface area contributed by atoms with Crippen molar-refractivity contribution >= 4 is 64.0 Å². The van der Waals surface area contributed by atoms with E-state index in [-0.39, 0.29) is 42.5 Å². The molecule has 2 aromatic heterocycles. The van der Waals surface area contributed by atoms with E-state index in [2.05, 4.69) is 20.2 Å². The maximum atomic E-state index is 13.4. The van der Waals surface area contributed by atoms with Crippen LogP contribution in [0.15, 0.2) is 54.9 Å². The minimum Gasteiger partial charge on any atom is -0.446 e. The minimum absolute atomic E-state index is 0.0705. The lowest BCUT2D eigenvalue weighted by atomic mass is 10.0. The molecule has 1 unspecified atom stereocenters. The van der Waals surface area contributed by atoms with Crippen molar-refractivity contribution in [3.63, 3.8) is 0 Å². The lowest BCUT2D eigenvalue weighted by molar-refractivity contribution is -0.136. The Hall–Kier alpha value is -5.60. The van der Waals surface area contributed by atoms with Gasteiger partial charge in [-0.15, -0.1) is 0 Å². The fraction of sp³-hybridized carbons (Fsp3) is 0.390. The van der Waals surface area contributed by atoms with Crippen molar-refractivity contribution in [2.24, 2.45) is 0 Å². The highest BCUT2D eigenvalue weighted by Gasteiger charge is 2.44. The summed E-state index contributed by atoms with van der Waals surface area (Å²) in [5, 5.41) is 3.83. The summed E-state index contributed by atoms with van der Waals surface area (Å²) in [6.45, 7) is 2.74. The maximum absolute atomic E-state index is 13.4. The number of likely N-dealkylation sites (tertiary alicyclic amines) is 1. The summed E-state index contributed by atoms with van der Waals surface area (Å²) in [7, 11) is 0. The number of fused-ring (bicyclic) bond motifs is 2. The standard InChI is InChI=1S/C41H40ClN7O7/c42-36-31(21-44-37-35(36)30(20-43-37)24-5-6-24)25-2-1-3-26(19-25)48-17-16-47(22-34(48)51)41(55)56-27-11-14-46(15-12-27)13-10-23-4-7-28-29(18-23)40(54)49(39(28)53)32-8-9-33(50)45-38(32)52/h1-4,7,18-21,24,27,32H,5-6,8-17,22H2,(H,43,44)(H,45,50,52). The number of anilines is 1. The summed E-state index contributed by atoms with van der Waals surface area (Å²) >= 11 is 6.96. The zero-order valence-electron chi connectivity index (χ0n) is 30.6. The molecule has 1 aliphatic carbocycles. The molecule has 288 valence electrons. The van der Waals surface area contributed by atoms with Crippen molar-refractivity contribution < 1.29 is 33.5 Å². The smallest absolute Gasteiger partial charge is 0.410 e. The molecule has 15 heteroatoms. The highest BCUT2D eigenvalue weighted by atomic mass is 35.5. The fourth-order valence-corrected chi connectivity index (χ4v) is 8.73. The van der Waals surface area contributed by atoms with Gasteiger partial charge < -0.3 is 19.5 Å². The Kier molecular flexibility index (Phi) is 9.32. The van der Waals surface area contributed by atoms with Crippen molar-refractivity contribution in [1.82, 2.24) is 30.0 Å². The first-order valence-corrected chi connectivity index (χ1v) is 19.6. The summed E-state index contributed by atoms with van der Waals surface area (Å²) in [5.41, 5.74) is 5.80. The van der Waals surface area contributed by atoms with E-state index < -0.39 is 35.8 Å². The zero-order valence-corrected chi connectivity index (χ0v) is 31.3. The molecule has 2 aromatic carbocycles. The lowest BCUT2D eigenvalue weighted by Gasteiger charge is -2.36. The van der Waals surface area contributed by atoms with Crippen LogP contribution in [0.1, 0.15) is 76.3 Å². The summed E-state index contributed by atoms with van der Waals surface area (Å²) in [6, 6.07) is 11.9. The van der Waals surface area contributed by atoms with E-state index in [4.69, 9.17) is 16.3 Å². The Morgan fingerprint density at radius 1 is 0.893 bits per heavy atom. The first-order chi connectivity index (χ1) is 27.1. The molecule has 4 fully saturated rings. The molecular weight excluding hydrogens is 738 g/mol. The van der Waals surface area contributed by atoms with E-state index in [0.29, 0.717) is 62.9 Å². The quantitative estimate of drug-likeness (QED) is 0.242. The number of halogens is 1. The Balaban J connectivity index is 0.753. The normalized spacial score (nSPS) is 20.9. The Bertz CT molecular complexity index is 2310. The molecule has 0 spiro atoms. The van der Waals surface area contributed by atoms with Crippen LogP contribution in [0.25, 0.3) is 22.2 Å². The van der Waals surface area contributed by atoms with Crippen molar-refractivity contribution in [1.29, 1.82) is 0 Å². The van der Waals surface area contributed by atoms with Crippen LogP contribution >= 0.6 is 11.6 Å². The zero-order chi connectivity index (χ0) is 38.7. The van der Waals surface area contributed by atoms with Gasteiger partial charge in [-0.1, -0.05) is 29.8 Å². The van der Waals surface area contributed by atoms with Crippen LogP contribution in [-0.2, 0) is 25.5 Å². The van der Waals surface area contributed by atoms with Gasteiger partial charge in [0.15, 0.2) is 0 Å². The third-order valence-electron chi connectivity index (χ3n) is 11.7. The number of rotatable bonds is 8. The highest BCUT2D eigenvalue weighted by Crippen LogP contribution is 2.46. The number of imide groups is 2. The number of ether oxygens (including phenoxy) is 1. The van der Waals surface area contributed by atoms with Crippen molar-refractivity contribution in [2.75, 3.05) is 44.2 Å². The maximum Gasteiger partial charge on any atom is 0.410 e. The van der Waals surface area contributed by atoms with Crippen molar-refractivity contribution in [3.05, 3.63) is 82.1 Å². The van der Waals surface area contributed by atoms with E-state index in [1.807, 2.05) is 36.5 Å². The molecule has 1 atom stereocenters. The van der Waals surface area contributed by atoms with Gasteiger partial charge in [0.2, 0.25) is 17.7 Å². The number of piperazine rings is 1. The average Bonchev–Trinajstić information content (AvgIpc) is 3.90. The van der Waals surface area contributed by atoms with Gasteiger partial charge in [0, 0.05) is 68.2 Å². The molecule has 6 amide bonds. The number of hydrogen-bond acceptors (Lipinski definition) is 9. The fourth-order valence-electron chi connectivity index (χ4n) is 8.37. The molecule has 6 heterocycles. The topological polar surface area (TPSA) is 165 Å². The number of H-pyrrole nitrogens is 1. The molecule has 5 aliphatic rings. The molecule has 14 nitrogen and oxygen atoms in total. The number of piperidine rings is 2. The van der Waals surface area contributed by atoms with Crippen LogP contribution < -0.4 is 10.2 Å². The van der Waals surface area contributed by atoms with Gasteiger partial charge in [-0.25, -0.2) is 9.78 Å². The van der Waals surface area contributed by atoms with Gasteiger partial charge in [0.1, 0.15) is 24.3 Å². The van der Waals surface area contributed by atoms with E-state index in [1.54, 1.807) is 23.2 Å². The van der Waals surface area contributed by atoms with Crippen LogP contribution in [0.5, 0.6) is 0 Å². The summed E-state index contributed by atoms with van der Waals surface area (Å²) < 4.78 is 5.87. The second-order valence-electron chi connectivity index (χ2n) is 15.2. The predicted octanol–water partition coefficient (Wildman–Crippen LogP) is 4.65. The minimum atomic E-state index is -0.997. The van der Waals surface area contributed by atoms with Gasteiger partial charge in [0.25, 0.3) is 11.8 Å². The third-order valence-corrected chi connectivity index (χ3v) is 12.0. The number of nitrogens with one attached hydrogen (secondary N) is 2. The van der Waals surface area contributed by atoms with Crippen molar-refractivity contribution in [2.45, 2.75) is 63.0 Å². The van der Waals surface area contributed by atoms with Crippen LogP contribution in [0.2, 0.25) is 5.02 Å². The molecule has 4 aliphatic heterocycles. The second-order valence-corrected chi connectivity index (χ2v) is 15.6. The van der Waals surface area contributed by atoms with Gasteiger partial charge in [-0.05, 0) is 85.4 Å². The number of hydrogen-bond donors (Lipinski definition) is 2. The molecule has 1 saturated carbocycles. The van der Waals surface area contributed by atoms with Crippen LogP contribution in [0.3, 0.4) is 0 Å². The number of amides is 6. The Labute approximate surface area is 327 Å². The molecule has 3 saturated heterocycles. The van der Waals surface area contributed by atoms with Gasteiger partial charge in [-0.2, -0.15) is 0 Å². The van der Waals surface area contributed by atoms with E-state index in [0.717, 1.165) is 51.2 Å². The van der Waals surface area contributed by atoms with Gasteiger partial charge in [-0.3, -0.25) is 39.1 Å². The predicted molar refractivity (Wildman–Crippen MR) is 205 cm³/mol. The largest absolute Gasteiger partial charge is 0.446 e. The number of aromatic amines is 1. The van der Waals surface area contributed by atoms with Gasteiger partial charge >= 0.3 is 6.09 Å². The molecule has 0 bridgehead atoms. The van der Waals surface area contributed by atoms with Gasteiger partial charge in [0.05, 0.1) is 16.1 Å². The molecular formula is C41H40ClN7O7. The van der Waals surface area contributed by atoms with Crippen LogP contribution in [0, 0.1) is 0 Å². The van der Waals surface area contributed by atoms with E-state index in [1.165, 1.54) is 10.5 Å². The van der Waals surface area contributed by atoms with Crippen molar-refractivity contribution in [3.8, 4) is 11.1 Å². The molecule has 4 aromatic rings. The average molecular weight is 778 g/mol. The summed E-state index contributed by atoms with van der Waals surface area (Å²) in [4.78, 5) is 91.0. The molecule has 56 heavy (non-hydrogen) atoms. The lowest BCUT2D eigenvalue weighted by Crippen LogP contribution is -2.54. The molecule has 9 rings (SSSR count). The highest BCUT2D eigenvalue weighted by molar-refractivity contribution is 6.38. The van der Waals surface area contributed by atoms with Crippen LogP contribution in [-0.4, -0.2) is 112 Å². The monoisotopic (exact) mass is 777 g/mol. The van der Waals surface area contributed by atoms with Crippen LogP contribution in [0.4, 0.5) is 10.5 Å². The second kappa shape index (κ2) is 14.5. The number of benzene rings is 2. The van der Waals surface area contributed by atoms with E-state index in [9.17, 15) is 28.8 Å². The number of pyridine rings is 1.